The maximum absolute atomic E-state index is 13.2. The van der Waals surface area contributed by atoms with E-state index in [-0.39, 0.29) is 5.92 Å². The van der Waals surface area contributed by atoms with Crippen molar-refractivity contribution in [1.29, 1.82) is 0 Å². The lowest BCUT2D eigenvalue weighted by Gasteiger charge is -2.35. The van der Waals surface area contributed by atoms with E-state index in [1.54, 1.807) is 4.68 Å². The molecule has 6 heteroatoms. The van der Waals surface area contributed by atoms with Crippen LogP contribution in [-0.4, -0.2) is 53.4 Å². The first-order valence-electron chi connectivity index (χ1n) is 9.34. The summed E-state index contributed by atoms with van der Waals surface area (Å²) in [5.74, 6) is 0.748. The van der Waals surface area contributed by atoms with Crippen LogP contribution in [0, 0.1) is 11.8 Å². The second-order valence-corrected chi connectivity index (χ2v) is 7.31. The summed E-state index contributed by atoms with van der Waals surface area (Å²) in [5, 5.41) is 7.69. The molecule has 0 bridgehead atoms. The molecule has 3 rings (SSSR count). The van der Waals surface area contributed by atoms with Crippen molar-refractivity contribution in [3.05, 3.63) is 29.6 Å². The fraction of sp³-hybridized carbons (Fsp3) is 0.684. The number of nitrogens with zero attached hydrogens (tertiary/aromatic N) is 3. The zero-order valence-electron chi connectivity index (χ0n) is 15.4. The fourth-order valence-electron chi connectivity index (χ4n) is 3.84. The molecule has 0 aliphatic carbocycles. The number of aromatic nitrogens is 2. The lowest BCUT2D eigenvalue weighted by Crippen LogP contribution is -2.46. The normalized spacial score (nSPS) is 20.4. The Morgan fingerprint density at radius 1 is 1.44 bits per heavy atom. The van der Waals surface area contributed by atoms with Crippen LogP contribution >= 0.6 is 0 Å². The summed E-state index contributed by atoms with van der Waals surface area (Å²) in [5.41, 5.74) is 2.45. The molecule has 1 amide bonds. The van der Waals surface area contributed by atoms with E-state index in [0.717, 1.165) is 64.2 Å². The van der Waals surface area contributed by atoms with Crippen LogP contribution in [-0.2, 0) is 23.1 Å². The highest BCUT2D eigenvalue weighted by molar-refractivity contribution is 5.80. The average Bonchev–Trinajstić information content (AvgIpc) is 3.04. The standard InChI is InChI=1S/C19H30N4O2/c1-15-4-3-7-23(13-15)19(24)18(17-5-8-25-9-6-17)12-20-10-16-11-21-22(2)14-16/h4,11,14,17-18,20H,3,5-10,12-13H2,1-2H3. The van der Waals surface area contributed by atoms with Crippen LogP contribution in [0.4, 0.5) is 0 Å². The van der Waals surface area contributed by atoms with Crippen molar-refractivity contribution >= 4 is 5.91 Å². The monoisotopic (exact) mass is 346 g/mol. The number of rotatable bonds is 6. The Hall–Kier alpha value is -1.66. The number of amides is 1. The molecule has 0 saturated carbocycles. The van der Waals surface area contributed by atoms with Gasteiger partial charge >= 0.3 is 0 Å². The van der Waals surface area contributed by atoms with Crippen molar-refractivity contribution in [2.24, 2.45) is 18.9 Å². The van der Waals surface area contributed by atoms with Gasteiger partial charge in [0.25, 0.3) is 0 Å². The Bertz CT molecular complexity index is 604. The highest BCUT2D eigenvalue weighted by Gasteiger charge is 2.33. The highest BCUT2D eigenvalue weighted by atomic mass is 16.5. The number of ether oxygens (including phenoxy) is 1. The summed E-state index contributed by atoms with van der Waals surface area (Å²) in [6, 6.07) is 0. The van der Waals surface area contributed by atoms with E-state index < -0.39 is 0 Å². The van der Waals surface area contributed by atoms with Crippen LogP contribution in [0.5, 0.6) is 0 Å². The van der Waals surface area contributed by atoms with Crippen molar-refractivity contribution in [3.8, 4) is 0 Å². The van der Waals surface area contributed by atoms with E-state index in [1.165, 1.54) is 5.57 Å². The SMILES string of the molecule is CC1=CCCN(C(=O)C(CNCc2cnn(C)c2)C2CCOCC2)C1. The first-order valence-corrected chi connectivity index (χ1v) is 9.34. The van der Waals surface area contributed by atoms with Gasteiger partial charge in [0.15, 0.2) is 0 Å². The van der Waals surface area contributed by atoms with Gasteiger partial charge in [0.1, 0.15) is 0 Å². The molecule has 1 aromatic heterocycles. The largest absolute Gasteiger partial charge is 0.381 e. The Morgan fingerprint density at radius 2 is 2.24 bits per heavy atom. The molecule has 1 saturated heterocycles. The lowest BCUT2D eigenvalue weighted by atomic mass is 9.84. The van der Waals surface area contributed by atoms with Gasteiger partial charge in [0.05, 0.1) is 12.1 Å². The Labute approximate surface area is 150 Å². The molecule has 3 heterocycles. The van der Waals surface area contributed by atoms with Crippen LogP contribution < -0.4 is 5.32 Å². The van der Waals surface area contributed by atoms with E-state index in [1.807, 2.05) is 24.3 Å². The zero-order valence-corrected chi connectivity index (χ0v) is 15.4. The predicted molar refractivity (Wildman–Crippen MR) is 96.9 cm³/mol. The van der Waals surface area contributed by atoms with Gasteiger partial charge in [-0.25, -0.2) is 0 Å². The number of nitrogens with one attached hydrogen (secondary N) is 1. The van der Waals surface area contributed by atoms with Gasteiger partial charge in [0, 0.05) is 58.2 Å². The van der Waals surface area contributed by atoms with E-state index >= 15 is 0 Å². The molecule has 0 radical (unpaired) electrons. The minimum atomic E-state index is 0.0338. The molecule has 1 aromatic rings. The smallest absolute Gasteiger partial charge is 0.227 e. The molecule has 0 aromatic carbocycles. The minimum Gasteiger partial charge on any atom is -0.381 e. The van der Waals surface area contributed by atoms with Gasteiger partial charge in [-0.2, -0.15) is 5.10 Å². The summed E-state index contributed by atoms with van der Waals surface area (Å²) in [4.78, 5) is 15.2. The van der Waals surface area contributed by atoms with Gasteiger partial charge in [0.2, 0.25) is 5.91 Å². The summed E-state index contributed by atoms with van der Waals surface area (Å²) in [7, 11) is 1.92. The second-order valence-electron chi connectivity index (χ2n) is 7.31. The molecule has 6 nitrogen and oxygen atoms in total. The van der Waals surface area contributed by atoms with Crippen LogP contribution in [0.3, 0.4) is 0 Å². The maximum atomic E-state index is 13.2. The van der Waals surface area contributed by atoms with Crippen LogP contribution in [0.2, 0.25) is 0 Å². The number of aryl methyl sites for hydroxylation is 1. The number of hydrogen-bond acceptors (Lipinski definition) is 4. The van der Waals surface area contributed by atoms with Crippen LogP contribution in [0.1, 0.15) is 31.7 Å². The van der Waals surface area contributed by atoms with Crippen molar-refractivity contribution in [1.82, 2.24) is 20.0 Å². The Morgan fingerprint density at radius 3 is 2.92 bits per heavy atom. The van der Waals surface area contributed by atoms with E-state index in [4.69, 9.17) is 4.74 Å². The Balaban J connectivity index is 1.61. The third-order valence-electron chi connectivity index (χ3n) is 5.25. The zero-order chi connectivity index (χ0) is 17.6. The minimum absolute atomic E-state index is 0.0338. The summed E-state index contributed by atoms with van der Waals surface area (Å²) < 4.78 is 7.31. The first kappa shape index (κ1) is 18.1. The molecule has 138 valence electrons. The van der Waals surface area contributed by atoms with Crippen molar-refractivity contribution in [2.45, 2.75) is 32.7 Å². The van der Waals surface area contributed by atoms with Gasteiger partial charge in [-0.1, -0.05) is 11.6 Å². The Kier molecular flexibility index (Phi) is 6.26. The van der Waals surface area contributed by atoms with Crippen molar-refractivity contribution in [2.75, 3.05) is 32.8 Å². The summed E-state index contributed by atoms with van der Waals surface area (Å²) in [6.45, 7) is 6.76. The van der Waals surface area contributed by atoms with E-state index in [9.17, 15) is 4.79 Å². The number of carbonyl (C=O) groups excluding carboxylic acids is 1. The molecule has 1 fully saturated rings. The summed E-state index contributed by atoms with van der Waals surface area (Å²) in [6.07, 6.45) is 9.06. The van der Waals surface area contributed by atoms with Crippen molar-refractivity contribution < 1.29 is 9.53 Å². The quantitative estimate of drug-likeness (QED) is 0.797. The molecule has 1 unspecified atom stereocenters. The molecule has 2 aliphatic rings. The third-order valence-corrected chi connectivity index (χ3v) is 5.25. The van der Waals surface area contributed by atoms with Crippen molar-refractivity contribution in [3.63, 3.8) is 0 Å². The van der Waals surface area contributed by atoms with Crippen LogP contribution in [0.15, 0.2) is 24.0 Å². The van der Waals surface area contributed by atoms with E-state index in [0.29, 0.717) is 11.8 Å². The number of hydrogen-bond donors (Lipinski definition) is 1. The molecule has 0 spiro atoms. The molecule has 1 N–H and O–H groups in total. The molecular formula is C19H30N4O2. The second kappa shape index (κ2) is 8.63. The third kappa shape index (κ3) is 4.92. The lowest BCUT2D eigenvalue weighted by molar-refractivity contribution is -0.138. The van der Waals surface area contributed by atoms with Gasteiger partial charge in [-0.15, -0.1) is 0 Å². The van der Waals surface area contributed by atoms with Crippen LogP contribution in [0.25, 0.3) is 0 Å². The molecule has 2 aliphatic heterocycles. The summed E-state index contributed by atoms with van der Waals surface area (Å²) >= 11 is 0. The molecule has 1 atom stereocenters. The topological polar surface area (TPSA) is 59.4 Å². The maximum Gasteiger partial charge on any atom is 0.227 e. The van der Waals surface area contributed by atoms with Gasteiger partial charge in [-0.05, 0) is 32.1 Å². The fourth-order valence-corrected chi connectivity index (χ4v) is 3.84. The first-order chi connectivity index (χ1) is 12.1. The average molecular weight is 346 g/mol. The van der Waals surface area contributed by atoms with Gasteiger partial charge in [-0.3, -0.25) is 9.48 Å². The number of carbonyl (C=O) groups is 1. The van der Waals surface area contributed by atoms with Gasteiger partial charge < -0.3 is 15.0 Å². The predicted octanol–water partition coefficient (Wildman–Crippen LogP) is 1.73. The molecule has 25 heavy (non-hydrogen) atoms. The molecular weight excluding hydrogens is 316 g/mol. The van der Waals surface area contributed by atoms with E-state index in [2.05, 4.69) is 23.4 Å². The highest BCUT2D eigenvalue weighted by Crippen LogP contribution is 2.26.